The third-order valence-electron chi connectivity index (χ3n) is 3.03. The van der Waals surface area contributed by atoms with Gasteiger partial charge in [0.25, 0.3) is 0 Å². The van der Waals surface area contributed by atoms with Crippen LogP contribution < -0.4 is 5.30 Å². The number of carbonyl (C=O) groups is 2. The minimum atomic E-state index is -0.542. The van der Waals surface area contributed by atoms with E-state index in [0.717, 1.165) is 6.16 Å². The van der Waals surface area contributed by atoms with Gasteiger partial charge in [-0.3, -0.25) is 9.59 Å². The minimum absolute atomic E-state index is 0.0338. The van der Waals surface area contributed by atoms with E-state index in [1.54, 1.807) is 0 Å². The molecule has 1 saturated heterocycles. The molecular formula is C13H15O3P. The second-order valence-corrected chi connectivity index (χ2v) is 6.48. The molecule has 0 bridgehead atoms. The van der Waals surface area contributed by atoms with Crippen LogP contribution in [0.4, 0.5) is 0 Å². The Morgan fingerprint density at radius 3 is 2.71 bits per heavy atom. The van der Waals surface area contributed by atoms with Gasteiger partial charge in [0.2, 0.25) is 0 Å². The summed E-state index contributed by atoms with van der Waals surface area (Å²) in [7, 11) is 0.950. The number of ketones is 1. The summed E-state index contributed by atoms with van der Waals surface area (Å²) in [6, 6.07) is 10.1. The SMILES string of the molecule is COC(=O)C1CP(c2ccccc2)CCC1=O. The Balaban J connectivity index is 2.13. The molecule has 1 heterocycles. The zero-order valence-electron chi connectivity index (χ0n) is 9.76. The highest BCUT2D eigenvalue weighted by Crippen LogP contribution is 2.41. The molecule has 0 spiro atoms. The van der Waals surface area contributed by atoms with E-state index in [2.05, 4.69) is 12.1 Å². The summed E-state index contributed by atoms with van der Waals surface area (Å²) in [5.74, 6) is -0.885. The summed E-state index contributed by atoms with van der Waals surface area (Å²) >= 11 is 0. The molecule has 90 valence electrons. The Morgan fingerprint density at radius 2 is 2.06 bits per heavy atom. The molecule has 0 saturated carbocycles. The molecule has 2 rings (SSSR count). The van der Waals surface area contributed by atoms with Gasteiger partial charge in [0.1, 0.15) is 11.7 Å². The molecule has 1 aliphatic rings. The first-order chi connectivity index (χ1) is 8.22. The number of ether oxygens (including phenoxy) is 1. The molecule has 1 aliphatic heterocycles. The molecule has 1 aromatic carbocycles. The highest BCUT2D eigenvalue weighted by Gasteiger charge is 2.34. The molecule has 1 aromatic rings. The number of carbonyl (C=O) groups excluding carboxylic acids is 2. The van der Waals surface area contributed by atoms with E-state index < -0.39 is 13.8 Å². The number of hydrogen-bond donors (Lipinski definition) is 0. The number of methoxy groups -OCH3 is 1. The van der Waals surface area contributed by atoms with Gasteiger partial charge in [0.15, 0.2) is 0 Å². The Kier molecular flexibility index (Phi) is 3.90. The van der Waals surface area contributed by atoms with Crippen molar-refractivity contribution in [2.45, 2.75) is 6.42 Å². The number of hydrogen-bond acceptors (Lipinski definition) is 3. The average Bonchev–Trinajstić information content (AvgIpc) is 2.39. The van der Waals surface area contributed by atoms with E-state index in [1.165, 1.54) is 12.4 Å². The lowest BCUT2D eigenvalue weighted by Gasteiger charge is -2.27. The van der Waals surface area contributed by atoms with E-state index in [9.17, 15) is 9.59 Å². The van der Waals surface area contributed by atoms with Crippen LogP contribution in [0.25, 0.3) is 0 Å². The number of esters is 1. The molecule has 0 aromatic heterocycles. The van der Waals surface area contributed by atoms with Crippen molar-refractivity contribution >= 4 is 25.0 Å². The predicted octanol–water partition coefficient (Wildman–Crippen LogP) is 1.56. The van der Waals surface area contributed by atoms with Gasteiger partial charge in [-0.2, -0.15) is 0 Å². The third kappa shape index (κ3) is 2.73. The fourth-order valence-corrected chi connectivity index (χ4v) is 4.58. The predicted molar refractivity (Wildman–Crippen MR) is 67.9 cm³/mol. The van der Waals surface area contributed by atoms with Crippen LogP contribution >= 0.6 is 7.92 Å². The second kappa shape index (κ2) is 5.42. The summed E-state index contributed by atoms with van der Waals surface area (Å²) in [5.41, 5.74) is 0. The Labute approximate surface area is 102 Å². The molecule has 1 fully saturated rings. The average molecular weight is 250 g/mol. The maximum Gasteiger partial charge on any atom is 0.316 e. The fourth-order valence-electron chi connectivity index (χ4n) is 2.05. The van der Waals surface area contributed by atoms with Crippen LogP contribution in [-0.2, 0) is 14.3 Å². The van der Waals surface area contributed by atoms with Gasteiger partial charge in [-0.15, -0.1) is 0 Å². The van der Waals surface area contributed by atoms with Crippen molar-refractivity contribution in [2.75, 3.05) is 19.4 Å². The maximum absolute atomic E-state index is 11.7. The van der Waals surface area contributed by atoms with Crippen LogP contribution in [0.1, 0.15) is 6.42 Å². The highest BCUT2D eigenvalue weighted by atomic mass is 31.1. The monoisotopic (exact) mass is 250 g/mol. The van der Waals surface area contributed by atoms with Crippen molar-refractivity contribution in [3.8, 4) is 0 Å². The van der Waals surface area contributed by atoms with Crippen LogP contribution in [0.2, 0.25) is 0 Å². The molecule has 0 N–H and O–H groups in total. The second-order valence-electron chi connectivity index (χ2n) is 4.07. The third-order valence-corrected chi connectivity index (χ3v) is 5.62. The first kappa shape index (κ1) is 12.3. The topological polar surface area (TPSA) is 43.4 Å². The van der Waals surface area contributed by atoms with Gasteiger partial charge in [-0.25, -0.2) is 0 Å². The molecule has 2 unspecified atom stereocenters. The summed E-state index contributed by atoms with van der Waals surface area (Å²) < 4.78 is 4.69. The largest absolute Gasteiger partial charge is 0.468 e. The first-order valence-electron chi connectivity index (χ1n) is 5.63. The van der Waals surface area contributed by atoms with Crippen molar-refractivity contribution in [3.05, 3.63) is 30.3 Å². The summed E-state index contributed by atoms with van der Waals surface area (Å²) in [4.78, 5) is 23.2. The van der Waals surface area contributed by atoms with E-state index in [0.29, 0.717) is 12.6 Å². The zero-order valence-corrected chi connectivity index (χ0v) is 10.7. The quantitative estimate of drug-likeness (QED) is 0.454. The van der Waals surface area contributed by atoms with E-state index >= 15 is 0 Å². The Hall–Kier alpha value is -1.21. The van der Waals surface area contributed by atoms with Crippen LogP contribution in [0.15, 0.2) is 30.3 Å². The van der Waals surface area contributed by atoms with Crippen LogP contribution in [0, 0.1) is 5.92 Å². The number of rotatable bonds is 2. The fraction of sp³-hybridized carbons (Fsp3) is 0.385. The standard InChI is InChI=1S/C13H15O3P/c1-16-13(15)11-9-17(8-7-12(11)14)10-5-3-2-4-6-10/h2-6,11H,7-9H2,1H3. The molecule has 0 radical (unpaired) electrons. The van der Waals surface area contributed by atoms with E-state index in [4.69, 9.17) is 4.74 Å². The summed E-state index contributed by atoms with van der Waals surface area (Å²) in [6.07, 6.45) is 2.04. The molecular weight excluding hydrogens is 235 g/mol. The lowest BCUT2D eigenvalue weighted by molar-refractivity contribution is -0.148. The van der Waals surface area contributed by atoms with Crippen molar-refractivity contribution < 1.29 is 14.3 Å². The van der Waals surface area contributed by atoms with Crippen LogP contribution in [0.5, 0.6) is 0 Å². The minimum Gasteiger partial charge on any atom is -0.468 e. The van der Waals surface area contributed by atoms with Crippen molar-refractivity contribution in [1.82, 2.24) is 0 Å². The van der Waals surface area contributed by atoms with Gasteiger partial charge >= 0.3 is 5.97 Å². The van der Waals surface area contributed by atoms with Crippen LogP contribution in [-0.4, -0.2) is 31.2 Å². The molecule has 0 aliphatic carbocycles. The molecule has 17 heavy (non-hydrogen) atoms. The molecule has 2 atom stereocenters. The van der Waals surface area contributed by atoms with Gasteiger partial charge in [0, 0.05) is 6.42 Å². The lowest BCUT2D eigenvalue weighted by atomic mass is 10.0. The van der Waals surface area contributed by atoms with Gasteiger partial charge < -0.3 is 4.74 Å². The molecule has 0 amide bonds. The molecule has 3 nitrogen and oxygen atoms in total. The normalized spacial score (nSPS) is 24.4. The molecule has 4 heteroatoms. The van der Waals surface area contributed by atoms with Gasteiger partial charge in [0.05, 0.1) is 7.11 Å². The van der Waals surface area contributed by atoms with E-state index in [-0.39, 0.29) is 11.8 Å². The Morgan fingerprint density at radius 1 is 1.35 bits per heavy atom. The number of benzene rings is 1. The zero-order chi connectivity index (χ0) is 12.3. The van der Waals surface area contributed by atoms with Crippen molar-refractivity contribution in [1.29, 1.82) is 0 Å². The van der Waals surface area contributed by atoms with Crippen LogP contribution in [0.3, 0.4) is 0 Å². The van der Waals surface area contributed by atoms with E-state index in [1.807, 2.05) is 18.2 Å². The van der Waals surface area contributed by atoms with Gasteiger partial charge in [-0.05, 0) is 17.6 Å². The summed E-state index contributed by atoms with van der Waals surface area (Å²) in [6.45, 7) is 0. The smallest absolute Gasteiger partial charge is 0.316 e. The van der Waals surface area contributed by atoms with Gasteiger partial charge in [-0.1, -0.05) is 38.3 Å². The van der Waals surface area contributed by atoms with Crippen molar-refractivity contribution in [2.24, 2.45) is 5.92 Å². The van der Waals surface area contributed by atoms with Crippen molar-refractivity contribution in [3.63, 3.8) is 0 Å². The lowest BCUT2D eigenvalue weighted by Crippen LogP contribution is -2.33. The Bertz CT molecular complexity index is 408. The number of Topliss-reactive ketones (excluding diaryl/α,β-unsaturated/α-hetero) is 1. The maximum atomic E-state index is 11.7. The highest BCUT2D eigenvalue weighted by molar-refractivity contribution is 7.65. The first-order valence-corrected chi connectivity index (χ1v) is 7.34. The summed E-state index contributed by atoms with van der Waals surface area (Å²) in [5, 5.41) is 1.27.